The number of hydrogen-bond acceptors (Lipinski definition) is 1. The first-order valence-electron chi connectivity index (χ1n) is 5.83. The molecule has 0 fully saturated rings. The Hall–Kier alpha value is -1.28. The van der Waals surface area contributed by atoms with Gasteiger partial charge in [-0.25, -0.2) is 0 Å². The molecule has 0 spiro atoms. The average molecular weight is 215 g/mol. The van der Waals surface area contributed by atoms with Crippen molar-refractivity contribution < 1.29 is 4.74 Å². The Kier molecular flexibility index (Phi) is 1.93. The fourth-order valence-corrected chi connectivity index (χ4v) is 2.95. The third kappa shape index (κ3) is 1.17. The van der Waals surface area contributed by atoms with E-state index in [-0.39, 0.29) is 5.60 Å². The molecule has 1 aliphatic rings. The van der Waals surface area contributed by atoms with Crippen LogP contribution >= 0.6 is 0 Å². The number of fused-ring (bicyclic) bond motifs is 3. The average Bonchev–Trinajstić information content (AvgIpc) is 2.54. The number of aromatic nitrogens is 1. The zero-order valence-electron chi connectivity index (χ0n) is 10.1. The second-order valence-corrected chi connectivity index (χ2v) is 5.00. The Balaban J connectivity index is 2.42. The summed E-state index contributed by atoms with van der Waals surface area (Å²) in [4.78, 5) is 0. The minimum Gasteiger partial charge on any atom is -0.367 e. The summed E-state index contributed by atoms with van der Waals surface area (Å²) in [5.74, 6) is 0. The highest BCUT2D eigenvalue weighted by molar-refractivity contribution is 5.85. The molecule has 2 heteroatoms. The molecule has 2 heterocycles. The molecule has 2 nitrogen and oxygen atoms in total. The summed E-state index contributed by atoms with van der Waals surface area (Å²) in [7, 11) is 0. The van der Waals surface area contributed by atoms with Gasteiger partial charge < -0.3 is 9.30 Å². The molecule has 0 atom stereocenters. The molecule has 1 aliphatic heterocycles. The van der Waals surface area contributed by atoms with Gasteiger partial charge in [0.15, 0.2) is 0 Å². The van der Waals surface area contributed by atoms with Crippen LogP contribution in [0.5, 0.6) is 0 Å². The van der Waals surface area contributed by atoms with Crippen molar-refractivity contribution in [2.24, 2.45) is 0 Å². The summed E-state index contributed by atoms with van der Waals surface area (Å²) >= 11 is 0. The molecule has 0 radical (unpaired) electrons. The molecule has 16 heavy (non-hydrogen) atoms. The Labute approximate surface area is 95.8 Å². The molecule has 0 unspecified atom stereocenters. The number of nitrogens with zero attached hydrogens (tertiary/aromatic N) is 1. The summed E-state index contributed by atoms with van der Waals surface area (Å²) in [6, 6.07) is 8.62. The van der Waals surface area contributed by atoms with Crippen LogP contribution in [0.3, 0.4) is 0 Å². The van der Waals surface area contributed by atoms with Gasteiger partial charge in [-0.15, -0.1) is 0 Å². The molecular formula is C14H17NO. The van der Waals surface area contributed by atoms with E-state index < -0.39 is 0 Å². The number of ether oxygens (including phenoxy) is 1. The van der Waals surface area contributed by atoms with Gasteiger partial charge in [0.2, 0.25) is 0 Å². The Morgan fingerprint density at radius 2 is 2.00 bits per heavy atom. The van der Waals surface area contributed by atoms with Crippen LogP contribution in [0.15, 0.2) is 24.3 Å². The lowest BCUT2D eigenvalue weighted by Gasteiger charge is -2.33. The van der Waals surface area contributed by atoms with E-state index in [1.54, 1.807) is 0 Å². The van der Waals surface area contributed by atoms with Crippen LogP contribution in [0.25, 0.3) is 10.9 Å². The van der Waals surface area contributed by atoms with Crippen LogP contribution in [-0.4, -0.2) is 11.2 Å². The van der Waals surface area contributed by atoms with Gasteiger partial charge in [-0.05, 0) is 32.4 Å². The van der Waals surface area contributed by atoms with Crippen molar-refractivity contribution in [3.8, 4) is 0 Å². The first kappa shape index (κ1) is 9.91. The highest BCUT2D eigenvalue weighted by atomic mass is 16.5. The third-order valence-electron chi connectivity index (χ3n) is 3.57. The zero-order valence-corrected chi connectivity index (χ0v) is 10.1. The number of aryl methyl sites for hydroxylation is 1. The highest BCUT2D eigenvalue weighted by Gasteiger charge is 2.32. The van der Waals surface area contributed by atoms with Crippen LogP contribution in [0, 0.1) is 6.92 Å². The van der Waals surface area contributed by atoms with E-state index in [0.29, 0.717) is 0 Å². The van der Waals surface area contributed by atoms with Crippen LogP contribution in [0.4, 0.5) is 0 Å². The first-order chi connectivity index (χ1) is 7.61. The molecule has 0 saturated heterocycles. The molecule has 0 bridgehead atoms. The molecule has 0 aliphatic carbocycles. The maximum Gasteiger partial charge on any atom is 0.103 e. The standard InChI is InChI=1S/C14H17NO/c1-10-11-6-4-5-7-12(11)15-8-9-16-14(2,3)13(10)15/h4-7H,8-9H2,1-3H3. The maximum atomic E-state index is 5.88. The van der Waals surface area contributed by atoms with Crippen molar-refractivity contribution >= 4 is 10.9 Å². The van der Waals surface area contributed by atoms with Gasteiger partial charge in [0.1, 0.15) is 5.60 Å². The monoisotopic (exact) mass is 215 g/mol. The summed E-state index contributed by atoms with van der Waals surface area (Å²) in [6.45, 7) is 8.28. The largest absolute Gasteiger partial charge is 0.367 e. The van der Waals surface area contributed by atoms with Gasteiger partial charge in [0.05, 0.1) is 12.3 Å². The number of rotatable bonds is 0. The lowest BCUT2D eigenvalue weighted by Crippen LogP contribution is -2.33. The zero-order chi connectivity index (χ0) is 11.3. The van der Waals surface area contributed by atoms with Gasteiger partial charge in [-0.3, -0.25) is 0 Å². The van der Waals surface area contributed by atoms with E-state index in [0.717, 1.165) is 13.2 Å². The van der Waals surface area contributed by atoms with Crippen LogP contribution in [0.1, 0.15) is 25.1 Å². The van der Waals surface area contributed by atoms with Gasteiger partial charge in [-0.1, -0.05) is 18.2 Å². The fraction of sp³-hybridized carbons (Fsp3) is 0.429. The van der Waals surface area contributed by atoms with E-state index in [2.05, 4.69) is 49.6 Å². The molecule has 1 aromatic carbocycles. The minimum atomic E-state index is -0.165. The third-order valence-corrected chi connectivity index (χ3v) is 3.57. The van der Waals surface area contributed by atoms with Crippen LogP contribution < -0.4 is 0 Å². The number of hydrogen-bond donors (Lipinski definition) is 0. The summed E-state index contributed by atoms with van der Waals surface area (Å²) in [5, 5.41) is 1.36. The quantitative estimate of drug-likeness (QED) is 0.658. The lowest BCUT2D eigenvalue weighted by molar-refractivity contribution is -0.0498. The molecule has 3 rings (SSSR count). The van der Waals surface area contributed by atoms with Crippen LogP contribution in [-0.2, 0) is 16.9 Å². The molecular weight excluding hydrogens is 198 g/mol. The van der Waals surface area contributed by atoms with Crippen molar-refractivity contribution in [1.82, 2.24) is 4.57 Å². The number of para-hydroxylation sites is 1. The summed E-state index contributed by atoms with van der Waals surface area (Å²) in [6.07, 6.45) is 0. The second kappa shape index (κ2) is 3.11. The first-order valence-corrected chi connectivity index (χ1v) is 5.83. The molecule has 0 amide bonds. The SMILES string of the molecule is Cc1c2n(c3ccccc13)CCOC2(C)C. The Bertz CT molecular complexity index is 551. The van der Waals surface area contributed by atoms with Crippen molar-refractivity contribution in [3.63, 3.8) is 0 Å². The summed E-state index contributed by atoms with van der Waals surface area (Å²) < 4.78 is 8.29. The van der Waals surface area contributed by atoms with Gasteiger partial charge in [0.25, 0.3) is 0 Å². The van der Waals surface area contributed by atoms with E-state index in [9.17, 15) is 0 Å². The minimum absolute atomic E-state index is 0.165. The van der Waals surface area contributed by atoms with Crippen LogP contribution in [0.2, 0.25) is 0 Å². The summed E-state index contributed by atoms with van der Waals surface area (Å²) in [5.41, 5.74) is 3.87. The smallest absolute Gasteiger partial charge is 0.103 e. The van der Waals surface area contributed by atoms with Crippen molar-refractivity contribution in [2.45, 2.75) is 32.9 Å². The van der Waals surface area contributed by atoms with Crippen molar-refractivity contribution in [3.05, 3.63) is 35.5 Å². The van der Waals surface area contributed by atoms with Crippen molar-refractivity contribution in [1.29, 1.82) is 0 Å². The highest BCUT2D eigenvalue weighted by Crippen LogP contribution is 2.37. The van der Waals surface area contributed by atoms with Gasteiger partial charge >= 0.3 is 0 Å². The van der Waals surface area contributed by atoms with E-state index in [4.69, 9.17) is 4.74 Å². The Morgan fingerprint density at radius 1 is 1.25 bits per heavy atom. The normalized spacial score (nSPS) is 18.7. The topological polar surface area (TPSA) is 14.2 Å². The Morgan fingerprint density at radius 3 is 2.81 bits per heavy atom. The predicted octanol–water partition coefficient (Wildman–Crippen LogP) is 3.22. The van der Waals surface area contributed by atoms with E-state index >= 15 is 0 Å². The number of benzene rings is 1. The van der Waals surface area contributed by atoms with Gasteiger partial charge in [0, 0.05) is 17.4 Å². The van der Waals surface area contributed by atoms with E-state index in [1.165, 1.54) is 22.2 Å². The van der Waals surface area contributed by atoms with Gasteiger partial charge in [-0.2, -0.15) is 0 Å². The fourth-order valence-electron chi connectivity index (χ4n) is 2.95. The molecule has 0 saturated carbocycles. The molecule has 84 valence electrons. The lowest BCUT2D eigenvalue weighted by atomic mass is 9.99. The van der Waals surface area contributed by atoms with E-state index in [1.807, 2.05) is 0 Å². The molecule has 1 aromatic heterocycles. The second-order valence-electron chi connectivity index (χ2n) is 5.00. The molecule has 0 N–H and O–H groups in total. The maximum absolute atomic E-state index is 5.88. The molecule has 2 aromatic rings. The van der Waals surface area contributed by atoms with Crippen molar-refractivity contribution in [2.75, 3.05) is 6.61 Å². The predicted molar refractivity (Wildman–Crippen MR) is 65.7 cm³/mol.